The van der Waals surface area contributed by atoms with Crippen LogP contribution in [-0.2, 0) is 0 Å². The van der Waals surface area contributed by atoms with E-state index in [9.17, 15) is 0 Å². The Morgan fingerprint density at radius 2 is 0.618 bits per heavy atom. The maximum Gasteiger partial charge on any atom is 0.145 e. The lowest BCUT2D eigenvalue weighted by atomic mass is 9.85. The molecular weight excluding hydrogens is 665 g/mol. The van der Waals surface area contributed by atoms with Crippen LogP contribution in [0.1, 0.15) is 0 Å². The molecule has 0 aliphatic carbocycles. The first-order valence-corrected chi connectivity index (χ1v) is 18.8. The highest BCUT2D eigenvalue weighted by Crippen LogP contribution is 2.45. The van der Waals surface area contributed by atoms with Gasteiger partial charge in [-0.05, 0) is 67.1 Å². The molecule has 55 heavy (non-hydrogen) atoms. The van der Waals surface area contributed by atoms with Crippen LogP contribution < -0.4 is 0 Å². The van der Waals surface area contributed by atoms with E-state index < -0.39 is 0 Å². The van der Waals surface area contributed by atoms with Gasteiger partial charge in [-0.25, -0.2) is 4.98 Å². The Hall–Kier alpha value is -7.29. The van der Waals surface area contributed by atoms with Crippen LogP contribution in [0.2, 0.25) is 0 Å². The lowest BCUT2D eigenvalue weighted by Gasteiger charge is -2.18. The molecule has 0 atom stereocenters. The fourth-order valence-electron chi connectivity index (χ4n) is 8.10. The third kappa shape index (κ3) is 5.82. The molecule has 0 fully saturated rings. The Morgan fingerprint density at radius 1 is 0.273 bits per heavy atom. The zero-order chi connectivity index (χ0) is 36.6. The molecule has 10 rings (SSSR count). The number of hydrogen-bond donors (Lipinski definition) is 0. The first-order valence-electron chi connectivity index (χ1n) is 18.8. The average molecular weight is 701 g/mol. The highest BCUT2D eigenvalue weighted by atomic mass is 15.1. The molecule has 258 valence electrons. The number of fused-ring (bicyclic) bond motifs is 2. The van der Waals surface area contributed by atoms with E-state index in [1.807, 2.05) is 0 Å². The number of aromatic nitrogens is 2. The predicted octanol–water partition coefficient (Wildman–Crippen LogP) is 14.2. The zero-order valence-corrected chi connectivity index (χ0v) is 30.2. The molecule has 0 aliphatic heterocycles. The number of hydrogen-bond acceptors (Lipinski definition) is 1. The van der Waals surface area contributed by atoms with Gasteiger partial charge in [-0.3, -0.25) is 4.57 Å². The van der Waals surface area contributed by atoms with E-state index in [1.165, 1.54) is 54.9 Å². The molecule has 1 heterocycles. The van der Waals surface area contributed by atoms with Crippen molar-refractivity contribution in [3.05, 3.63) is 218 Å². The Morgan fingerprint density at radius 3 is 1.09 bits per heavy atom. The fraction of sp³-hybridized carbons (Fsp3) is 0. The first-order chi connectivity index (χ1) is 27.3. The Labute approximate surface area is 321 Å². The quantitative estimate of drug-likeness (QED) is 0.151. The molecular formula is C53H36N2. The van der Waals surface area contributed by atoms with Crippen molar-refractivity contribution < 1.29 is 0 Å². The molecule has 0 bridgehead atoms. The third-order valence-corrected chi connectivity index (χ3v) is 10.6. The fourth-order valence-corrected chi connectivity index (χ4v) is 8.10. The lowest BCUT2D eigenvalue weighted by Crippen LogP contribution is -2.00. The molecule has 0 unspecified atom stereocenters. The summed E-state index contributed by atoms with van der Waals surface area (Å²) < 4.78 is 2.31. The van der Waals surface area contributed by atoms with Crippen LogP contribution in [0.4, 0.5) is 0 Å². The molecule has 0 aliphatic rings. The van der Waals surface area contributed by atoms with E-state index in [1.54, 1.807) is 0 Å². The summed E-state index contributed by atoms with van der Waals surface area (Å²) in [5.74, 6) is 0.902. The Bertz CT molecular complexity index is 2850. The van der Waals surface area contributed by atoms with Crippen molar-refractivity contribution in [1.82, 2.24) is 9.55 Å². The lowest BCUT2D eigenvalue weighted by molar-refractivity contribution is 1.07. The summed E-state index contributed by atoms with van der Waals surface area (Å²) in [5.41, 5.74) is 13.7. The molecule has 0 saturated heterocycles. The van der Waals surface area contributed by atoms with E-state index in [2.05, 4.69) is 223 Å². The topological polar surface area (TPSA) is 17.8 Å². The molecule has 10 aromatic rings. The summed E-state index contributed by atoms with van der Waals surface area (Å²) in [4.78, 5) is 5.44. The van der Waals surface area contributed by atoms with Gasteiger partial charge in [0, 0.05) is 22.4 Å². The molecule has 0 N–H and O–H groups in total. The third-order valence-electron chi connectivity index (χ3n) is 10.6. The molecule has 1 aromatic heterocycles. The van der Waals surface area contributed by atoms with Gasteiger partial charge in [0.05, 0.1) is 11.4 Å². The Kier molecular flexibility index (Phi) is 8.20. The van der Waals surface area contributed by atoms with Gasteiger partial charge < -0.3 is 0 Å². The second kappa shape index (κ2) is 13.9. The van der Waals surface area contributed by atoms with Crippen molar-refractivity contribution in [3.63, 3.8) is 0 Å². The Balaban J connectivity index is 1.14. The van der Waals surface area contributed by atoms with Gasteiger partial charge in [0.15, 0.2) is 0 Å². The van der Waals surface area contributed by atoms with Crippen LogP contribution in [0.5, 0.6) is 0 Å². The molecule has 0 spiro atoms. The van der Waals surface area contributed by atoms with E-state index in [0.29, 0.717) is 0 Å². The second-order valence-electron chi connectivity index (χ2n) is 13.9. The predicted molar refractivity (Wildman–Crippen MR) is 231 cm³/mol. The number of imidazole rings is 1. The highest BCUT2D eigenvalue weighted by Gasteiger charge is 2.23. The van der Waals surface area contributed by atoms with Crippen LogP contribution in [0, 0.1) is 0 Å². The van der Waals surface area contributed by atoms with Crippen LogP contribution >= 0.6 is 0 Å². The number of benzene rings is 9. The maximum atomic E-state index is 5.44. The van der Waals surface area contributed by atoms with Gasteiger partial charge in [-0.1, -0.05) is 206 Å². The molecule has 0 saturated carbocycles. The SMILES string of the molecule is c1ccc(-c2ccc(-c3c4ccccc4c(-c4ccc(-c5nc(-c6ccccc6)c(-c6ccccc6)n5-c5ccccc5)cc4)c4ccccc34)cc2)cc1. The minimum atomic E-state index is 0.902. The number of rotatable bonds is 7. The molecule has 2 nitrogen and oxygen atoms in total. The standard InChI is InChI=1S/C53H36N2/c1-5-17-37(18-6-1)38-29-31-39(32-30-38)49-45-25-13-15-27-47(45)50(48-28-16-14-26-46(48)49)40-33-35-43(36-34-40)53-54-51(41-19-7-2-8-20-41)52(42-21-9-3-10-22-42)55(53)44-23-11-4-12-24-44/h1-36H. The van der Waals surface area contributed by atoms with E-state index in [0.717, 1.165) is 39.6 Å². The van der Waals surface area contributed by atoms with Crippen LogP contribution in [0.3, 0.4) is 0 Å². The van der Waals surface area contributed by atoms with Crippen LogP contribution in [-0.4, -0.2) is 9.55 Å². The second-order valence-corrected chi connectivity index (χ2v) is 13.9. The summed E-state index contributed by atoms with van der Waals surface area (Å²) in [5, 5.41) is 4.96. The molecule has 0 amide bonds. The maximum absolute atomic E-state index is 5.44. The highest BCUT2D eigenvalue weighted by molar-refractivity contribution is 6.21. The van der Waals surface area contributed by atoms with Gasteiger partial charge in [-0.2, -0.15) is 0 Å². The smallest absolute Gasteiger partial charge is 0.145 e. The van der Waals surface area contributed by atoms with Crippen molar-refractivity contribution >= 4 is 21.5 Å². The van der Waals surface area contributed by atoms with Crippen LogP contribution in [0.15, 0.2) is 218 Å². The van der Waals surface area contributed by atoms with E-state index in [-0.39, 0.29) is 0 Å². The van der Waals surface area contributed by atoms with Crippen molar-refractivity contribution in [3.8, 4) is 73.0 Å². The minimum absolute atomic E-state index is 0.902. The molecule has 2 heteroatoms. The van der Waals surface area contributed by atoms with Crippen molar-refractivity contribution in [1.29, 1.82) is 0 Å². The number of para-hydroxylation sites is 1. The van der Waals surface area contributed by atoms with Crippen molar-refractivity contribution in [2.45, 2.75) is 0 Å². The van der Waals surface area contributed by atoms with E-state index in [4.69, 9.17) is 4.98 Å². The molecule has 9 aromatic carbocycles. The van der Waals surface area contributed by atoms with Gasteiger partial charge in [0.25, 0.3) is 0 Å². The van der Waals surface area contributed by atoms with Gasteiger partial charge >= 0.3 is 0 Å². The van der Waals surface area contributed by atoms with Gasteiger partial charge in [0.2, 0.25) is 0 Å². The number of nitrogens with zero attached hydrogens (tertiary/aromatic N) is 2. The van der Waals surface area contributed by atoms with Gasteiger partial charge in [0.1, 0.15) is 5.82 Å². The van der Waals surface area contributed by atoms with Gasteiger partial charge in [-0.15, -0.1) is 0 Å². The minimum Gasteiger partial charge on any atom is -0.292 e. The largest absolute Gasteiger partial charge is 0.292 e. The average Bonchev–Trinajstić information content (AvgIpc) is 3.68. The summed E-state index contributed by atoms with van der Waals surface area (Å²) in [6.07, 6.45) is 0. The van der Waals surface area contributed by atoms with Crippen LogP contribution in [0.25, 0.3) is 94.5 Å². The molecule has 0 radical (unpaired) electrons. The summed E-state index contributed by atoms with van der Waals surface area (Å²) >= 11 is 0. The summed E-state index contributed by atoms with van der Waals surface area (Å²) in [6, 6.07) is 78.0. The summed E-state index contributed by atoms with van der Waals surface area (Å²) in [7, 11) is 0. The first kappa shape index (κ1) is 32.4. The monoisotopic (exact) mass is 700 g/mol. The van der Waals surface area contributed by atoms with Crippen molar-refractivity contribution in [2.75, 3.05) is 0 Å². The normalized spacial score (nSPS) is 11.3. The zero-order valence-electron chi connectivity index (χ0n) is 30.2. The summed E-state index contributed by atoms with van der Waals surface area (Å²) in [6.45, 7) is 0. The van der Waals surface area contributed by atoms with Crippen molar-refractivity contribution in [2.24, 2.45) is 0 Å². The van der Waals surface area contributed by atoms with E-state index >= 15 is 0 Å².